The Morgan fingerprint density at radius 3 is 2.15 bits per heavy atom. The number of aryl methyl sites for hydroxylation is 1. The van der Waals surface area contributed by atoms with Crippen LogP contribution >= 0.6 is 0 Å². The highest BCUT2D eigenvalue weighted by Gasteiger charge is 2.41. The second-order valence-corrected chi connectivity index (χ2v) is 8.58. The van der Waals surface area contributed by atoms with Gasteiger partial charge >= 0.3 is 0 Å². The Morgan fingerprint density at radius 1 is 0.848 bits per heavy atom. The zero-order valence-electron chi connectivity index (χ0n) is 19.8. The lowest BCUT2D eigenvalue weighted by Crippen LogP contribution is -2.46. The summed E-state index contributed by atoms with van der Waals surface area (Å²) in [5.74, 6) is 0.847. The van der Waals surface area contributed by atoms with Crippen molar-refractivity contribution in [2.24, 2.45) is 0 Å². The zero-order valence-corrected chi connectivity index (χ0v) is 19.8. The van der Waals surface area contributed by atoms with E-state index in [0.717, 1.165) is 42.9 Å². The van der Waals surface area contributed by atoms with Gasteiger partial charge in [-0.2, -0.15) is 0 Å². The smallest absolute Gasteiger partial charge is 0.277 e. The molecule has 0 radical (unpaired) electrons. The maximum atomic E-state index is 13.5. The predicted molar refractivity (Wildman–Crippen MR) is 127 cm³/mol. The third kappa shape index (κ3) is 4.59. The van der Waals surface area contributed by atoms with Crippen LogP contribution in [0, 0.1) is 6.92 Å². The second kappa shape index (κ2) is 9.67. The molecule has 4 rings (SSSR count). The Morgan fingerprint density at radius 2 is 1.52 bits per heavy atom. The number of nitrogens with zero attached hydrogens (tertiary/aromatic N) is 3. The molecule has 7 heteroatoms. The molecule has 2 aliphatic heterocycles. The molecule has 0 aliphatic carbocycles. The molecule has 0 spiro atoms. The first-order valence-corrected chi connectivity index (χ1v) is 11.2. The van der Waals surface area contributed by atoms with Crippen LogP contribution in [-0.2, 0) is 16.0 Å². The Bertz CT molecular complexity index is 1070. The van der Waals surface area contributed by atoms with E-state index in [-0.39, 0.29) is 11.8 Å². The van der Waals surface area contributed by atoms with E-state index in [4.69, 9.17) is 9.47 Å². The quantitative estimate of drug-likeness (QED) is 0.606. The van der Waals surface area contributed by atoms with E-state index in [2.05, 4.69) is 16.8 Å². The van der Waals surface area contributed by atoms with Crippen molar-refractivity contribution in [1.29, 1.82) is 0 Å². The Labute approximate surface area is 195 Å². The number of hydrogen-bond donors (Lipinski definition) is 0. The molecular weight excluding hydrogens is 418 g/mol. The van der Waals surface area contributed by atoms with Crippen LogP contribution in [0.25, 0.3) is 5.57 Å². The van der Waals surface area contributed by atoms with Gasteiger partial charge in [-0.15, -0.1) is 0 Å². The maximum Gasteiger partial charge on any atom is 0.277 e. The SMILES string of the molecule is COc1ccc(CCN2C(=O)C(c3ccc(C)cc3)=C(N3CCN(C)CC3)C2=O)cc1OC. The van der Waals surface area contributed by atoms with Crippen molar-refractivity contribution < 1.29 is 19.1 Å². The summed E-state index contributed by atoms with van der Waals surface area (Å²) in [5, 5.41) is 0. The van der Waals surface area contributed by atoms with E-state index in [9.17, 15) is 9.59 Å². The van der Waals surface area contributed by atoms with E-state index in [0.29, 0.717) is 35.7 Å². The molecule has 1 fully saturated rings. The summed E-state index contributed by atoms with van der Waals surface area (Å²) in [6.07, 6.45) is 0.537. The standard InChI is InChI=1S/C26H31N3O4/c1-18-5-8-20(9-6-18)23-24(28-15-13-27(2)14-16-28)26(31)29(25(23)30)12-11-19-7-10-21(32-3)22(17-19)33-4/h5-10,17H,11-16H2,1-4H3. The summed E-state index contributed by atoms with van der Waals surface area (Å²) in [5.41, 5.74) is 3.92. The number of amides is 2. The third-order valence-corrected chi connectivity index (χ3v) is 6.38. The van der Waals surface area contributed by atoms with Gasteiger partial charge in [-0.25, -0.2) is 0 Å². The molecule has 0 saturated carbocycles. The highest BCUT2D eigenvalue weighted by molar-refractivity contribution is 6.35. The number of piperazine rings is 1. The molecule has 2 aliphatic rings. The number of rotatable bonds is 7. The number of likely N-dealkylation sites (N-methyl/N-ethyl adjacent to an activating group) is 1. The lowest BCUT2D eigenvalue weighted by atomic mass is 10.0. The van der Waals surface area contributed by atoms with Crippen molar-refractivity contribution in [3.05, 3.63) is 64.9 Å². The van der Waals surface area contributed by atoms with Crippen molar-refractivity contribution in [1.82, 2.24) is 14.7 Å². The molecule has 174 valence electrons. The molecule has 1 saturated heterocycles. The summed E-state index contributed by atoms with van der Waals surface area (Å²) in [4.78, 5) is 32.8. The molecule has 2 aromatic carbocycles. The van der Waals surface area contributed by atoms with Gasteiger partial charge in [0, 0.05) is 32.7 Å². The summed E-state index contributed by atoms with van der Waals surface area (Å²) < 4.78 is 10.7. The van der Waals surface area contributed by atoms with Crippen LogP contribution in [-0.4, -0.2) is 80.5 Å². The molecule has 33 heavy (non-hydrogen) atoms. The van der Waals surface area contributed by atoms with Crippen LogP contribution in [0.4, 0.5) is 0 Å². The minimum absolute atomic E-state index is 0.208. The molecule has 0 bridgehead atoms. The number of ether oxygens (including phenoxy) is 2. The van der Waals surface area contributed by atoms with Crippen LogP contribution in [0.2, 0.25) is 0 Å². The Hall–Kier alpha value is -3.32. The van der Waals surface area contributed by atoms with Gasteiger partial charge in [-0.05, 0) is 43.7 Å². The fourth-order valence-corrected chi connectivity index (χ4v) is 4.35. The van der Waals surface area contributed by atoms with Crippen molar-refractivity contribution in [3.8, 4) is 11.5 Å². The summed E-state index contributed by atoms with van der Waals surface area (Å²) in [6.45, 7) is 5.49. The van der Waals surface area contributed by atoms with Gasteiger partial charge in [0.1, 0.15) is 5.70 Å². The van der Waals surface area contributed by atoms with Crippen LogP contribution in [0.3, 0.4) is 0 Å². The van der Waals surface area contributed by atoms with Crippen molar-refractivity contribution >= 4 is 17.4 Å². The lowest BCUT2D eigenvalue weighted by Gasteiger charge is -2.34. The van der Waals surface area contributed by atoms with Gasteiger partial charge in [0.05, 0.1) is 19.8 Å². The highest BCUT2D eigenvalue weighted by atomic mass is 16.5. The first-order chi connectivity index (χ1) is 15.9. The predicted octanol–water partition coefficient (Wildman–Crippen LogP) is 2.58. The van der Waals surface area contributed by atoms with Crippen molar-refractivity contribution in [2.45, 2.75) is 13.3 Å². The van der Waals surface area contributed by atoms with E-state index in [1.165, 1.54) is 4.90 Å². The average molecular weight is 450 g/mol. The summed E-state index contributed by atoms with van der Waals surface area (Å²) in [7, 11) is 5.26. The van der Waals surface area contributed by atoms with Crippen LogP contribution < -0.4 is 9.47 Å². The maximum absolute atomic E-state index is 13.5. The fraction of sp³-hybridized carbons (Fsp3) is 0.385. The van der Waals surface area contributed by atoms with Crippen LogP contribution in [0.5, 0.6) is 11.5 Å². The normalized spacial score (nSPS) is 17.2. The first-order valence-electron chi connectivity index (χ1n) is 11.2. The monoisotopic (exact) mass is 449 g/mol. The zero-order chi connectivity index (χ0) is 23.5. The third-order valence-electron chi connectivity index (χ3n) is 6.38. The first kappa shape index (κ1) is 22.9. The molecular formula is C26H31N3O4. The number of imide groups is 1. The number of hydrogen-bond acceptors (Lipinski definition) is 6. The van der Waals surface area contributed by atoms with Gasteiger partial charge in [0.2, 0.25) is 0 Å². The number of methoxy groups -OCH3 is 2. The van der Waals surface area contributed by atoms with Crippen molar-refractivity contribution in [3.63, 3.8) is 0 Å². The van der Waals surface area contributed by atoms with E-state index < -0.39 is 0 Å². The minimum Gasteiger partial charge on any atom is -0.493 e. The molecule has 2 aromatic rings. The Kier molecular flexibility index (Phi) is 6.70. The van der Waals surface area contributed by atoms with Gasteiger partial charge in [-0.1, -0.05) is 35.9 Å². The van der Waals surface area contributed by atoms with Crippen molar-refractivity contribution in [2.75, 3.05) is 54.0 Å². The number of carbonyl (C=O) groups excluding carboxylic acids is 2. The van der Waals surface area contributed by atoms with Gasteiger partial charge in [-0.3, -0.25) is 14.5 Å². The molecule has 0 unspecified atom stereocenters. The molecule has 0 aromatic heterocycles. The molecule has 7 nitrogen and oxygen atoms in total. The van der Waals surface area contributed by atoms with Crippen LogP contribution in [0.1, 0.15) is 16.7 Å². The summed E-state index contributed by atoms with van der Waals surface area (Å²) >= 11 is 0. The van der Waals surface area contributed by atoms with Crippen LogP contribution in [0.15, 0.2) is 48.2 Å². The minimum atomic E-state index is -0.224. The molecule has 2 amide bonds. The van der Waals surface area contributed by atoms with Gasteiger partial charge in [0.25, 0.3) is 11.8 Å². The molecule has 2 heterocycles. The van der Waals surface area contributed by atoms with E-state index in [1.807, 2.05) is 49.4 Å². The van der Waals surface area contributed by atoms with E-state index in [1.54, 1.807) is 14.2 Å². The lowest BCUT2D eigenvalue weighted by molar-refractivity contribution is -0.137. The van der Waals surface area contributed by atoms with Gasteiger partial charge in [0.15, 0.2) is 11.5 Å². The topological polar surface area (TPSA) is 62.3 Å². The van der Waals surface area contributed by atoms with E-state index >= 15 is 0 Å². The second-order valence-electron chi connectivity index (χ2n) is 8.58. The highest BCUT2D eigenvalue weighted by Crippen LogP contribution is 2.33. The Balaban J connectivity index is 1.61. The summed E-state index contributed by atoms with van der Waals surface area (Å²) in [6, 6.07) is 13.5. The molecule has 0 N–H and O–H groups in total. The number of benzene rings is 2. The fourth-order valence-electron chi connectivity index (χ4n) is 4.35. The largest absolute Gasteiger partial charge is 0.493 e. The van der Waals surface area contributed by atoms with Gasteiger partial charge < -0.3 is 19.3 Å². The molecule has 0 atom stereocenters. The average Bonchev–Trinajstić information content (AvgIpc) is 3.08. The number of carbonyl (C=O) groups is 2.